The number of rotatable bonds is 3. The molecular weight excluding hydrogens is 252 g/mol. The summed E-state index contributed by atoms with van der Waals surface area (Å²) < 4.78 is 2.44. The van der Waals surface area contributed by atoms with Crippen LogP contribution in [0.15, 0.2) is 9.59 Å². The van der Waals surface area contributed by atoms with Crippen molar-refractivity contribution >= 4 is 11.5 Å². The minimum absolute atomic E-state index is 0.140. The zero-order valence-electron chi connectivity index (χ0n) is 11.2. The molecule has 1 aliphatic rings. The Morgan fingerprint density at radius 3 is 2.42 bits per heavy atom. The molecular formula is C11H18N4O4. The van der Waals surface area contributed by atoms with Crippen molar-refractivity contribution in [3.63, 3.8) is 0 Å². The first-order valence-electron chi connectivity index (χ1n) is 5.93. The van der Waals surface area contributed by atoms with Crippen molar-refractivity contribution in [3.05, 3.63) is 20.8 Å². The van der Waals surface area contributed by atoms with E-state index in [1.54, 1.807) is 23.9 Å². The van der Waals surface area contributed by atoms with E-state index in [2.05, 4.69) is 0 Å². The number of aliphatic hydroxyl groups is 2. The number of fused-ring (bicyclic) bond motifs is 1. The minimum atomic E-state index is -0.929. The summed E-state index contributed by atoms with van der Waals surface area (Å²) in [5.74, 6) is 0.526. The number of aliphatic hydroxyl groups excluding tert-OH is 2. The molecule has 0 aromatic carbocycles. The van der Waals surface area contributed by atoms with Gasteiger partial charge < -0.3 is 20.0 Å². The topological polar surface area (TPSA) is 90.9 Å². The predicted molar refractivity (Wildman–Crippen MR) is 70.6 cm³/mol. The average molecular weight is 270 g/mol. The smallest absolute Gasteiger partial charge is 0.332 e. The lowest BCUT2D eigenvalue weighted by Crippen LogP contribution is -2.41. The lowest BCUT2D eigenvalue weighted by molar-refractivity contribution is 0.100. The summed E-state index contributed by atoms with van der Waals surface area (Å²) in [5.41, 5.74) is -0.410. The van der Waals surface area contributed by atoms with Gasteiger partial charge in [-0.2, -0.15) is 0 Å². The zero-order valence-corrected chi connectivity index (χ0v) is 11.2. The van der Waals surface area contributed by atoms with Crippen LogP contribution in [0.5, 0.6) is 0 Å². The molecule has 0 amide bonds. The SMILES string of the molecule is CN1CN(CC(O)CO)c2c1n(C)c(=O)n(C)c2=O. The molecule has 1 atom stereocenters. The lowest BCUT2D eigenvalue weighted by Gasteiger charge is -2.20. The van der Waals surface area contributed by atoms with Crippen molar-refractivity contribution in [2.75, 3.05) is 36.7 Å². The van der Waals surface area contributed by atoms with Gasteiger partial charge in [0.1, 0.15) is 11.5 Å². The number of aromatic nitrogens is 2. The number of β-amino-alcohol motifs (C(OH)–C–C–N with tert-alkyl or cyclic N) is 1. The third-order valence-electron chi connectivity index (χ3n) is 3.31. The summed E-state index contributed by atoms with van der Waals surface area (Å²) in [6, 6.07) is 0. The first kappa shape index (κ1) is 13.6. The third kappa shape index (κ3) is 2.02. The van der Waals surface area contributed by atoms with Gasteiger partial charge in [-0.15, -0.1) is 0 Å². The van der Waals surface area contributed by atoms with Crippen molar-refractivity contribution < 1.29 is 10.2 Å². The van der Waals surface area contributed by atoms with Crippen LogP contribution in [-0.4, -0.2) is 52.3 Å². The van der Waals surface area contributed by atoms with Crippen LogP contribution in [0, 0.1) is 0 Å². The quantitative estimate of drug-likeness (QED) is 0.639. The minimum Gasteiger partial charge on any atom is -0.394 e. The van der Waals surface area contributed by atoms with Crippen molar-refractivity contribution in [1.82, 2.24) is 9.13 Å². The Bertz CT molecular complexity index is 606. The summed E-state index contributed by atoms with van der Waals surface area (Å²) in [6.45, 7) is 0.155. The second-order valence-corrected chi connectivity index (χ2v) is 4.78. The molecule has 8 heteroatoms. The van der Waals surface area contributed by atoms with Gasteiger partial charge in [0.25, 0.3) is 5.56 Å². The fraction of sp³-hybridized carbons (Fsp3) is 0.636. The Hall–Kier alpha value is -1.80. The van der Waals surface area contributed by atoms with Crippen LogP contribution in [0.25, 0.3) is 0 Å². The van der Waals surface area contributed by atoms with E-state index in [1.807, 2.05) is 0 Å². The maximum atomic E-state index is 12.2. The maximum absolute atomic E-state index is 12.2. The van der Waals surface area contributed by atoms with Crippen LogP contribution < -0.4 is 21.0 Å². The van der Waals surface area contributed by atoms with Crippen molar-refractivity contribution in [3.8, 4) is 0 Å². The Morgan fingerprint density at radius 1 is 1.21 bits per heavy atom. The van der Waals surface area contributed by atoms with E-state index >= 15 is 0 Å². The predicted octanol–water partition coefficient (Wildman–Crippen LogP) is -2.35. The van der Waals surface area contributed by atoms with Crippen LogP contribution in [0.4, 0.5) is 11.5 Å². The molecule has 0 aliphatic carbocycles. The van der Waals surface area contributed by atoms with Gasteiger partial charge in [0.15, 0.2) is 0 Å². The van der Waals surface area contributed by atoms with Gasteiger partial charge in [0, 0.05) is 27.7 Å². The molecule has 0 spiro atoms. The summed E-state index contributed by atoms with van der Waals surface area (Å²) >= 11 is 0. The fourth-order valence-corrected chi connectivity index (χ4v) is 2.38. The van der Waals surface area contributed by atoms with E-state index in [9.17, 15) is 14.7 Å². The van der Waals surface area contributed by atoms with E-state index in [0.717, 1.165) is 4.57 Å². The Kier molecular flexibility index (Phi) is 3.38. The molecule has 0 bridgehead atoms. The second kappa shape index (κ2) is 4.71. The lowest BCUT2D eigenvalue weighted by atomic mass is 10.3. The molecule has 1 aromatic heterocycles. The molecule has 0 fully saturated rings. The van der Waals surface area contributed by atoms with Gasteiger partial charge in [0.2, 0.25) is 0 Å². The van der Waals surface area contributed by atoms with Gasteiger partial charge in [-0.25, -0.2) is 4.79 Å². The molecule has 0 radical (unpaired) electrons. The molecule has 19 heavy (non-hydrogen) atoms. The summed E-state index contributed by atoms with van der Waals surface area (Å²) in [5, 5.41) is 18.4. The molecule has 2 heterocycles. The molecule has 0 saturated carbocycles. The summed E-state index contributed by atoms with van der Waals surface area (Å²) in [4.78, 5) is 27.5. The molecule has 8 nitrogen and oxygen atoms in total. The van der Waals surface area contributed by atoms with E-state index in [0.29, 0.717) is 18.2 Å². The Morgan fingerprint density at radius 2 is 1.84 bits per heavy atom. The largest absolute Gasteiger partial charge is 0.394 e. The van der Waals surface area contributed by atoms with Gasteiger partial charge in [-0.05, 0) is 0 Å². The van der Waals surface area contributed by atoms with Gasteiger partial charge in [-0.1, -0.05) is 0 Å². The summed E-state index contributed by atoms with van der Waals surface area (Å²) in [7, 11) is 4.79. The van der Waals surface area contributed by atoms with Crippen LogP contribution in [0.1, 0.15) is 0 Å². The van der Waals surface area contributed by atoms with Gasteiger partial charge >= 0.3 is 5.69 Å². The van der Waals surface area contributed by atoms with E-state index < -0.39 is 11.7 Å². The highest BCUT2D eigenvalue weighted by Crippen LogP contribution is 2.29. The number of anilines is 2. The van der Waals surface area contributed by atoms with Crippen molar-refractivity contribution in [2.24, 2.45) is 14.1 Å². The molecule has 0 saturated heterocycles. The van der Waals surface area contributed by atoms with E-state index in [4.69, 9.17) is 5.11 Å². The first-order chi connectivity index (χ1) is 8.88. The normalized spacial score (nSPS) is 15.8. The van der Waals surface area contributed by atoms with Crippen LogP contribution in [0.3, 0.4) is 0 Å². The van der Waals surface area contributed by atoms with Crippen LogP contribution >= 0.6 is 0 Å². The van der Waals surface area contributed by atoms with E-state index in [1.165, 1.54) is 11.6 Å². The Labute approximate surface area is 109 Å². The van der Waals surface area contributed by atoms with E-state index in [-0.39, 0.29) is 18.8 Å². The summed E-state index contributed by atoms with van der Waals surface area (Å²) in [6.07, 6.45) is -0.929. The standard InChI is InChI=1S/C11H18N4O4/c1-12-6-15(4-7(17)5-16)8-9(12)13(2)11(19)14(3)10(8)18/h7,16-17H,4-6H2,1-3H3. The number of hydrogen-bond donors (Lipinski definition) is 2. The highest BCUT2D eigenvalue weighted by molar-refractivity contribution is 5.71. The van der Waals surface area contributed by atoms with Gasteiger partial charge in [-0.3, -0.25) is 13.9 Å². The average Bonchev–Trinajstić information content (AvgIpc) is 2.70. The second-order valence-electron chi connectivity index (χ2n) is 4.78. The van der Waals surface area contributed by atoms with Crippen LogP contribution in [0.2, 0.25) is 0 Å². The Balaban J connectivity index is 2.58. The highest BCUT2D eigenvalue weighted by atomic mass is 16.3. The molecule has 1 aromatic rings. The first-order valence-corrected chi connectivity index (χ1v) is 5.93. The number of hydrogen-bond acceptors (Lipinski definition) is 6. The third-order valence-corrected chi connectivity index (χ3v) is 3.31. The maximum Gasteiger partial charge on any atom is 0.332 e. The van der Waals surface area contributed by atoms with Gasteiger partial charge in [0.05, 0.1) is 19.4 Å². The molecule has 1 aliphatic heterocycles. The highest BCUT2D eigenvalue weighted by Gasteiger charge is 2.31. The molecule has 2 rings (SSSR count). The fourth-order valence-electron chi connectivity index (χ4n) is 2.38. The van der Waals surface area contributed by atoms with Crippen molar-refractivity contribution in [2.45, 2.75) is 6.10 Å². The van der Waals surface area contributed by atoms with Crippen LogP contribution in [-0.2, 0) is 14.1 Å². The monoisotopic (exact) mass is 270 g/mol. The molecule has 2 N–H and O–H groups in total. The zero-order chi connectivity index (χ0) is 14.3. The molecule has 1 unspecified atom stereocenters. The van der Waals surface area contributed by atoms with Crippen molar-refractivity contribution in [1.29, 1.82) is 0 Å². The number of nitrogens with zero attached hydrogens (tertiary/aromatic N) is 4. The molecule has 106 valence electrons.